The topological polar surface area (TPSA) is 67.8 Å². The van der Waals surface area contributed by atoms with Gasteiger partial charge in [-0.05, 0) is 51.3 Å². The van der Waals surface area contributed by atoms with E-state index in [1.807, 2.05) is 32.9 Å². The molecule has 1 saturated carbocycles. The van der Waals surface area contributed by atoms with Gasteiger partial charge in [0.1, 0.15) is 11.4 Å². The maximum atomic E-state index is 11.9. The summed E-state index contributed by atoms with van der Waals surface area (Å²) in [4.78, 5) is 11.9. The van der Waals surface area contributed by atoms with Gasteiger partial charge in [-0.2, -0.15) is 0 Å². The predicted molar refractivity (Wildman–Crippen MR) is 76.7 cm³/mol. The van der Waals surface area contributed by atoms with E-state index in [0.29, 0.717) is 5.75 Å². The van der Waals surface area contributed by atoms with Crippen molar-refractivity contribution in [2.75, 3.05) is 0 Å². The van der Waals surface area contributed by atoms with Crippen LogP contribution in [0.1, 0.15) is 39.2 Å². The minimum absolute atomic E-state index is 0.319. The lowest BCUT2D eigenvalue weighted by Crippen LogP contribution is -2.39. The Labute approximate surface area is 119 Å². The molecular formula is C14H20BNO4. The van der Waals surface area contributed by atoms with Crippen molar-refractivity contribution >= 4 is 13.8 Å². The van der Waals surface area contributed by atoms with Crippen LogP contribution in [0.15, 0.2) is 24.3 Å². The molecule has 2 rings (SSSR count). The molecule has 0 heterocycles. The maximum Gasteiger partial charge on any atom is 0.504 e. The zero-order chi connectivity index (χ0) is 14.8. The molecule has 0 saturated heterocycles. The van der Waals surface area contributed by atoms with Crippen molar-refractivity contribution in [1.29, 1.82) is 0 Å². The van der Waals surface area contributed by atoms with Crippen LogP contribution in [0, 0.1) is 0 Å². The molecule has 0 spiro atoms. The number of benzene rings is 1. The Morgan fingerprint density at radius 2 is 1.90 bits per heavy atom. The molecule has 1 aromatic rings. The Bertz CT molecular complexity index is 477. The van der Waals surface area contributed by atoms with Crippen LogP contribution in [0.4, 0.5) is 4.79 Å². The molecule has 20 heavy (non-hydrogen) atoms. The minimum Gasteiger partial charge on any atom is -0.539 e. The predicted octanol–water partition coefficient (Wildman–Crippen LogP) is 1.84. The third-order valence-electron chi connectivity index (χ3n) is 3.13. The van der Waals surface area contributed by atoms with E-state index in [4.69, 9.17) is 14.4 Å². The minimum atomic E-state index is -0.501. The van der Waals surface area contributed by atoms with E-state index < -0.39 is 11.7 Å². The number of alkyl carbamates (subject to hydrolysis) is 1. The van der Waals surface area contributed by atoms with Crippen LogP contribution in [0.2, 0.25) is 0 Å². The molecule has 0 radical (unpaired) electrons. The number of carbonyl (C=O) groups excluding carboxylic acids is 1. The van der Waals surface area contributed by atoms with E-state index >= 15 is 0 Å². The van der Waals surface area contributed by atoms with Crippen molar-refractivity contribution in [3.05, 3.63) is 29.8 Å². The standard InChI is InChI=1S/C14H20BNO4/c1-13(2,3)19-12(17)16-14(8-9-14)10-4-6-11(7-5-10)20-15-18/h4-7,15,18H,8-9H2,1-3H3,(H,16,17). The summed E-state index contributed by atoms with van der Waals surface area (Å²) in [5.41, 5.74) is 0.202. The van der Waals surface area contributed by atoms with Gasteiger partial charge in [0.15, 0.2) is 0 Å². The van der Waals surface area contributed by atoms with Gasteiger partial charge in [0.25, 0.3) is 0 Å². The number of rotatable bonds is 4. The van der Waals surface area contributed by atoms with Crippen molar-refractivity contribution in [3.8, 4) is 5.75 Å². The van der Waals surface area contributed by atoms with E-state index in [1.165, 1.54) is 0 Å². The third-order valence-corrected chi connectivity index (χ3v) is 3.13. The largest absolute Gasteiger partial charge is 0.539 e. The number of hydrogen-bond acceptors (Lipinski definition) is 4. The van der Waals surface area contributed by atoms with Gasteiger partial charge < -0.3 is 19.7 Å². The average molecular weight is 277 g/mol. The Morgan fingerprint density at radius 3 is 2.35 bits per heavy atom. The van der Waals surface area contributed by atoms with Crippen LogP contribution in [0.25, 0.3) is 0 Å². The van der Waals surface area contributed by atoms with Gasteiger partial charge in [-0.25, -0.2) is 4.79 Å². The fourth-order valence-electron chi connectivity index (χ4n) is 2.05. The highest BCUT2D eigenvalue weighted by atomic mass is 16.6. The molecule has 1 aliphatic carbocycles. The summed E-state index contributed by atoms with van der Waals surface area (Å²) in [5.74, 6) is 0.601. The second-order valence-electron chi connectivity index (χ2n) is 6.01. The van der Waals surface area contributed by atoms with Crippen molar-refractivity contribution < 1.29 is 19.2 Å². The summed E-state index contributed by atoms with van der Waals surface area (Å²) in [7, 11) is -0.347. The SMILES string of the molecule is CC(C)(C)OC(=O)NC1(c2ccc(OBO)cc2)CC1. The lowest BCUT2D eigenvalue weighted by atomic mass is 10.0. The molecule has 0 unspecified atom stereocenters. The maximum absolute atomic E-state index is 11.9. The Hall–Kier alpha value is -1.69. The fraction of sp³-hybridized carbons (Fsp3) is 0.500. The van der Waals surface area contributed by atoms with Gasteiger partial charge in [0.05, 0.1) is 5.54 Å². The number of amides is 1. The smallest absolute Gasteiger partial charge is 0.504 e. The van der Waals surface area contributed by atoms with Crippen LogP contribution in [-0.4, -0.2) is 24.4 Å². The first-order chi connectivity index (χ1) is 9.35. The van der Waals surface area contributed by atoms with Crippen LogP contribution in [0.5, 0.6) is 5.75 Å². The fourth-order valence-corrected chi connectivity index (χ4v) is 2.05. The molecular weight excluding hydrogens is 257 g/mol. The summed E-state index contributed by atoms with van der Waals surface area (Å²) in [6.07, 6.45) is 1.39. The van der Waals surface area contributed by atoms with Crippen LogP contribution in [-0.2, 0) is 10.3 Å². The lowest BCUT2D eigenvalue weighted by Gasteiger charge is -2.23. The average Bonchev–Trinajstić information content (AvgIpc) is 3.08. The van der Waals surface area contributed by atoms with Crippen LogP contribution >= 0.6 is 0 Å². The van der Waals surface area contributed by atoms with E-state index in [9.17, 15) is 4.79 Å². The van der Waals surface area contributed by atoms with E-state index in [-0.39, 0.29) is 13.2 Å². The molecule has 0 bridgehead atoms. The summed E-state index contributed by atoms with van der Waals surface area (Å²) >= 11 is 0. The summed E-state index contributed by atoms with van der Waals surface area (Å²) in [6.45, 7) is 5.52. The first-order valence-corrected chi connectivity index (χ1v) is 6.70. The van der Waals surface area contributed by atoms with E-state index in [2.05, 4.69) is 5.32 Å². The molecule has 0 atom stereocenters. The van der Waals surface area contributed by atoms with Gasteiger partial charge in [0, 0.05) is 0 Å². The third kappa shape index (κ3) is 3.66. The normalized spacial score (nSPS) is 16.2. The van der Waals surface area contributed by atoms with Gasteiger partial charge in [-0.15, -0.1) is 0 Å². The number of carbonyl (C=O) groups is 1. The van der Waals surface area contributed by atoms with Gasteiger partial charge >= 0.3 is 13.8 Å². The van der Waals surface area contributed by atoms with Gasteiger partial charge in [-0.1, -0.05) is 12.1 Å². The molecule has 1 aliphatic rings. The van der Waals surface area contributed by atoms with Crippen molar-refractivity contribution in [2.24, 2.45) is 0 Å². The van der Waals surface area contributed by atoms with E-state index in [0.717, 1.165) is 18.4 Å². The lowest BCUT2D eigenvalue weighted by molar-refractivity contribution is 0.0495. The van der Waals surface area contributed by atoms with Crippen LogP contribution < -0.4 is 9.97 Å². The molecule has 108 valence electrons. The molecule has 1 fully saturated rings. The Kier molecular flexibility index (Phi) is 3.95. The summed E-state index contributed by atoms with van der Waals surface area (Å²) < 4.78 is 10.3. The molecule has 6 heteroatoms. The number of nitrogens with one attached hydrogen (secondary N) is 1. The molecule has 2 N–H and O–H groups in total. The highest BCUT2D eigenvalue weighted by Gasteiger charge is 2.46. The first-order valence-electron chi connectivity index (χ1n) is 6.70. The second-order valence-corrected chi connectivity index (χ2v) is 6.01. The zero-order valence-electron chi connectivity index (χ0n) is 12.1. The monoisotopic (exact) mass is 277 g/mol. The van der Waals surface area contributed by atoms with Crippen molar-refractivity contribution in [2.45, 2.75) is 44.8 Å². The van der Waals surface area contributed by atoms with Gasteiger partial charge in [0.2, 0.25) is 0 Å². The van der Waals surface area contributed by atoms with E-state index in [1.54, 1.807) is 12.1 Å². The number of hydrogen-bond donors (Lipinski definition) is 2. The summed E-state index contributed by atoms with van der Waals surface area (Å²) in [5, 5.41) is 11.6. The van der Waals surface area contributed by atoms with Crippen molar-refractivity contribution in [1.82, 2.24) is 5.32 Å². The highest BCUT2D eigenvalue weighted by molar-refractivity contribution is 6.17. The van der Waals surface area contributed by atoms with Gasteiger partial charge in [-0.3, -0.25) is 0 Å². The first kappa shape index (κ1) is 14.7. The molecule has 0 aromatic heterocycles. The quantitative estimate of drug-likeness (QED) is 0.824. The summed E-state index contributed by atoms with van der Waals surface area (Å²) in [6, 6.07) is 7.36. The molecule has 5 nitrogen and oxygen atoms in total. The molecule has 1 amide bonds. The number of ether oxygens (including phenoxy) is 1. The Morgan fingerprint density at radius 1 is 1.30 bits per heavy atom. The second kappa shape index (κ2) is 5.36. The zero-order valence-corrected chi connectivity index (χ0v) is 12.1. The molecule has 1 aromatic carbocycles. The molecule has 0 aliphatic heterocycles. The van der Waals surface area contributed by atoms with Crippen LogP contribution in [0.3, 0.4) is 0 Å². The Balaban J connectivity index is 2.02. The van der Waals surface area contributed by atoms with Crippen molar-refractivity contribution in [3.63, 3.8) is 0 Å². The highest BCUT2D eigenvalue weighted by Crippen LogP contribution is 2.45.